The van der Waals surface area contributed by atoms with Crippen molar-refractivity contribution in [3.8, 4) is 11.1 Å². The molecule has 0 atom stereocenters. The summed E-state index contributed by atoms with van der Waals surface area (Å²) >= 11 is 6.15. The molecule has 6 heteroatoms. The summed E-state index contributed by atoms with van der Waals surface area (Å²) in [4.78, 5) is 23.8. The van der Waals surface area contributed by atoms with Crippen molar-refractivity contribution in [1.82, 2.24) is 14.9 Å². The minimum absolute atomic E-state index is 0.0326. The lowest BCUT2D eigenvalue weighted by molar-refractivity contribution is 0.104. The third-order valence-corrected chi connectivity index (χ3v) is 4.60. The maximum atomic E-state index is 13.0. The number of pyridine rings is 2. The Bertz CT molecular complexity index is 1000. The Morgan fingerprint density at radius 2 is 2.00 bits per heavy atom. The van der Waals surface area contributed by atoms with Crippen LogP contribution >= 0.6 is 11.6 Å². The molecule has 0 aliphatic heterocycles. The number of rotatable bonds is 4. The van der Waals surface area contributed by atoms with E-state index in [0.29, 0.717) is 28.5 Å². The number of carbonyl (C=O) groups excluding carboxylic acids is 1. The monoisotopic (exact) mass is 352 g/mol. The number of benzene rings is 1. The molecule has 4 rings (SSSR count). The van der Waals surface area contributed by atoms with Crippen molar-refractivity contribution in [1.29, 1.82) is 0 Å². The fourth-order valence-corrected chi connectivity index (χ4v) is 3.36. The number of nitrogens with one attached hydrogen (secondary N) is 1. The quantitative estimate of drug-likeness (QED) is 0.609. The average Bonchev–Trinajstić information content (AvgIpc) is 2.88. The van der Waals surface area contributed by atoms with E-state index in [-0.39, 0.29) is 5.78 Å². The van der Waals surface area contributed by atoms with Crippen LogP contribution in [0.1, 0.15) is 15.9 Å². The van der Waals surface area contributed by atoms with Gasteiger partial charge < -0.3 is 10.2 Å². The minimum Gasteiger partial charge on any atom is -0.368 e. The zero-order valence-corrected chi connectivity index (χ0v) is 14.8. The SMILES string of the molecule is CN(C)CCNc1nc2cc(Cl)ccc2c2c1C(=O)c1cnccc1-2. The first-order chi connectivity index (χ1) is 12.1. The van der Waals surface area contributed by atoms with Crippen molar-refractivity contribution >= 4 is 34.1 Å². The fraction of sp³-hybridized carbons (Fsp3) is 0.211. The molecule has 25 heavy (non-hydrogen) atoms. The van der Waals surface area contributed by atoms with Crippen molar-refractivity contribution in [2.24, 2.45) is 0 Å². The van der Waals surface area contributed by atoms with Gasteiger partial charge in [-0.3, -0.25) is 9.78 Å². The molecular formula is C19H17ClN4O. The van der Waals surface area contributed by atoms with Gasteiger partial charge in [-0.2, -0.15) is 0 Å². The van der Waals surface area contributed by atoms with E-state index in [1.165, 1.54) is 0 Å². The van der Waals surface area contributed by atoms with E-state index in [4.69, 9.17) is 11.6 Å². The van der Waals surface area contributed by atoms with Crippen molar-refractivity contribution in [3.63, 3.8) is 0 Å². The van der Waals surface area contributed by atoms with Crippen molar-refractivity contribution in [2.45, 2.75) is 0 Å². The smallest absolute Gasteiger partial charge is 0.199 e. The molecule has 1 aromatic carbocycles. The van der Waals surface area contributed by atoms with Crippen LogP contribution < -0.4 is 5.32 Å². The Morgan fingerprint density at radius 3 is 2.80 bits per heavy atom. The molecular weight excluding hydrogens is 336 g/mol. The van der Waals surface area contributed by atoms with Gasteiger partial charge in [0.1, 0.15) is 5.82 Å². The highest BCUT2D eigenvalue weighted by Gasteiger charge is 2.32. The Kier molecular flexibility index (Phi) is 3.90. The Labute approximate surface area is 150 Å². The number of fused-ring (bicyclic) bond motifs is 5. The van der Waals surface area contributed by atoms with E-state index >= 15 is 0 Å². The highest BCUT2D eigenvalue weighted by molar-refractivity contribution is 6.32. The van der Waals surface area contributed by atoms with Crippen molar-refractivity contribution in [3.05, 3.63) is 52.8 Å². The van der Waals surface area contributed by atoms with E-state index in [1.807, 2.05) is 38.4 Å². The molecule has 2 heterocycles. The van der Waals surface area contributed by atoms with Crippen LogP contribution in [0.4, 0.5) is 5.82 Å². The zero-order valence-electron chi connectivity index (χ0n) is 14.0. The van der Waals surface area contributed by atoms with Gasteiger partial charge in [-0.15, -0.1) is 0 Å². The first-order valence-electron chi connectivity index (χ1n) is 8.07. The topological polar surface area (TPSA) is 58.1 Å². The molecule has 1 aliphatic rings. The van der Waals surface area contributed by atoms with Gasteiger partial charge >= 0.3 is 0 Å². The van der Waals surface area contributed by atoms with Crippen LogP contribution in [0.25, 0.3) is 22.0 Å². The number of anilines is 1. The lowest BCUT2D eigenvalue weighted by atomic mass is 10.0. The molecule has 2 aromatic heterocycles. The summed E-state index contributed by atoms with van der Waals surface area (Å²) in [7, 11) is 4.01. The van der Waals surface area contributed by atoms with Gasteiger partial charge in [-0.1, -0.05) is 17.7 Å². The molecule has 1 aliphatic carbocycles. The lowest BCUT2D eigenvalue weighted by Gasteiger charge is -2.15. The van der Waals surface area contributed by atoms with Crippen LogP contribution in [0.2, 0.25) is 5.02 Å². The molecule has 0 saturated heterocycles. The molecule has 3 aromatic rings. The van der Waals surface area contributed by atoms with Gasteiger partial charge in [0, 0.05) is 47.0 Å². The molecule has 5 nitrogen and oxygen atoms in total. The lowest BCUT2D eigenvalue weighted by Crippen LogP contribution is -2.22. The highest BCUT2D eigenvalue weighted by Crippen LogP contribution is 2.43. The van der Waals surface area contributed by atoms with Crippen LogP contribution in [-0.2, 0) is 0 Å². The van der Waals surface area contributed by atoms with Gasteiger partial charge in [0.15, 0.2) is 5.78 Å². The van der Waals surface area contributed by atoms with Crippen LogP contribution in [-0.4, -0.2) is 47.8 Å². The molecule has 0 bridgehead atoms. The average molecular weight is 353 g/mol. The van der Waals surface area contributed by atoms with E-state index in [0.717, 1.165) is 28.6 Å². The highest BCUT2D eigenvalue weighted by atomic mass is 35.5. The van der Waals surface area contributed by atoms with E-state index in [1.54, 1.807) is 12.4 Å². The largest absolute Gasteiger partial charge is 0.368 e. The van der Waals surface area contributed by atoms with Gasteiger partial charge in [-0.25, -0.2) is 4.98 Å². The van der Waals surface area contributed by atoms with Gasteiger partial charge in [0.05, 0.1) is 11.1 Å². The standard InChI is InChI=1S/C19H17ClN4O/c1-24(2)8-7-22-19-17-16(12-5-6-21-10-14(12)18(17)25)13-4-3-11(20)9-15(13)23-19/h3-6,9-10H,7-8H2,1-2H3,(H,22,23). The van der Waals surface area contributed by atoms with Crippen molar-refractivity contribution in [2.75, 3.05) is 32.5 Å². The first-order valence-corrected chi connectivity index (χ1v) is 8.45. The summed E-state index contributed by atoms with van der Waals surface area (Å²) in [5, 5.41) is 4.87. The number of aromatic nitrogens is 2. The van der Waals surface area contributed by atoms with E-state index < -0.39 is 0 Å². The summed E-state index contributed by atoms with van der Waals surface area (Å²) in [6.07, 6.45) is 3.34. The number of hydrogen-bond acceptors (Lipinski definition) is 5. The minimum atomic E-state index is -0.0326. The third kappa shape index (κ3) is 2.65. The first kappa shape index (κ1) is 16.0. The second-order valence-corrected chi connectivity index (χ2v) is 6.79. The molecule has 0 saturated carbocycles. The summed E-state index contributed by atoms with van der Waals surface area (Å²) in [5.41, 5.74) is 3.84. The molecule has 1 N–H and O–H groups in total. The maximum Gasteiger partial charge on any atom is 0.199 e. The molecule has 0 fully saturated rings. The number of ketones is 1. The number of nitrogens with zero attached hydrogens (tertiary/aromatic N) is 3. The predicted octanol–water partition coefficient (Wildman–Crippen LogP) is 3.47. The Morgan fingerprint density at radius 1 is 1.16 bits per heavy atom. The van der Waals surface area contributed by atoms with Gasteiger partial charge in [0.2, 0.25) is 0 Å². The predicted molar refractivity (Wildman–Crippen MR) is 100 cm³/mol. The van der Waals surface area contributed by atoms with Crippen molar-refractivity contribution < 1.29 is 4.79 Å². The molecule has 0 radical (unpaired) electrons. The van der Waals surface area contributed by atoms with Crippen LogP contribution in [0.15, 0.2) is 36.7 Å². The molecule has 0 spiro atoms. The molecule has 0 unspecified atom stereocenters. The Hall–Kier alpha value is -2.50. The second kappa shape index (κ2) is 6.10. The normalized spacial score (nSPS) is 12.6. The zero-order chi connectivity index (χ0) is 17.6. The summed E-state index contributed by atoms with van der Waals surface area (Å²) < 4.78 is 0. The van der Waals surface area contributed by atoms with Gasteiger partial charge in [0.25, 0.3) is 0 Å². The fourth-order valence-electron chi connectivity index (χ4n) is 3.19. The number of carbonyl (C=O) groups is 1. The van der Waals surface area contributed by atoms with Crippen LogP contribution in [0.3, 0.4) is 0 Å². The summed E-state index contributed by atoms with van der Waals surface area (Å²) in [6.45, 7) is 1.53. The Balaban J connectivity index is 1.94. The second-order valence-electron chi connectivity index (χ2n) is 6.35. The van der Waals surface area contributed by atoms with Crippen LogP contribution in [0, 0.1) is 0 Å². The van der Waals surface area contributed by atoms with Gasteiger partial charge in [-0.05, 0) is 37.9 Å². The van der Waals surface area contributed by atoms with Crippen LogP contribution in [0.5, 0.6) is 0 Å². The summed E-state index contributed by atoms with van der Waals surface area (Å²) in [6, 6.07) is 7.47. The van der Waals surface area contributed by atoms with E-state index in [2.05, 4.69) is 20.2 Å². The number of likely N-dealkylation sites (N-methyl/N-ethyl adjacent to an activating group) is 1. The number of hydrogen-bond donors (Lipinski definition) is 1. The maximum absolute atomic E-state index is 13.0. The number of halogens is 1. The van der Waals surface area contributed by atoms with E-state index in [9.17, 15) is 4.79 Å². The summed E-state index contributed by atoms with van der Waals surface area (Å²) in [5.74, 6) is 0.572. The molecule has 0 amide bonds. The third-order valence-electron chi connectivity index (χ3n) is 4.36. The molecule has 126 valence electrons.